The number of hydrogen-bond acceptors (Lipinski definition) is 5. The summed E-state index contributed by atoms with van der Waals surface area (Å²) in [5.41, 5.74) is 7.12. The highest BCUT2D eigenvalue weighted by molar-refractivity contribution is 7.90. The minimum absolute atomic E-state index is 0.114. The third-order valence-electron chi connectivity index (χ3n) is 2.64. The standard InChI is InChI=1S/C11H20N4O3S/c1-5-8-9(12)10(15(3)14-8)11(16)13-7(2)6-19(4,17)18/h7H,5-6,12H2,1-4H3,(H,13,16). The van der Waals surface area contributed by atoms with Crippen LogP contribution in [0.3, 0.4) is 0 Å². The molecule has 3 N–H and O–H groups in total. The van der Waals surface area contributed by atoms with Crippen LogP contribution in [0.15, 0.2) is 0 Å². The lowest BCUT2D eigenvalue weighted by molar-refractivity contribution is 0.0935. The van der Waals surface area contributed by atoms with Gasteiger partial charge < -0.3 is 11.1 Å². The molecular weight excluding hydrogens is 268 g/mol. The van der Waals surface area contributed by atoms with Crippen molar-refractivity contribution in [1.82, 2.24) is 15.1 Å². The zero-order chi connectivity index (χ0) is 14.8. The molecule has 0 aliphatic heterocycles. The van der Waals surface area contributed by atoms with E-state index in [1.807, 2.05) is 6.92 Å². The average molecular weight is 288 g/mol. The molecule has 0 aliphatic carbocycles. The van der Waals surface area contributed by atoms with Crippen molar-refractivity contribution in [3.63, 3.8) is 0 Å². The van der Waals surface area contributed by atoms with Gasteiger partial charge >= 0.3 is 0 Å². The Morgan fingerprint density at radius 3 is 2.53 bits per heavy atom. The Labute approximate surface area is 113 Å². The maximum Gasteiger partial charge on any atom is 0.271 e. The molecule has 0 spiro atoms. The van der Waals surface area contributed by atoms with Crippen LogP contribution in [0.2, 0.25) is 0 Å². The number of nitrogen functional groups attached to an aromatic ring is 1. The van der Waals surface area contributed by atoms with Crippen LogP contribution >= 0.6 is 0 Å². The smallest absolute Gasteiger partial charge is 0.271 e. The fourth-order valence-corrected chi connectivity index (χ4v) is 2.91. The number of aromatic nitrogens is 2. The van der Waals surface area contributed by atoms with Crippen molar-refractivity contribution in [3.8, 4) is 0 Å². The van der Waals surface area contributed by atoms with Crippen LogP contribution in [0, 0.1) is 0 Å². The number of carbonyl (C=O) groups is 1. The molecule has 1 aromatic rings. The molecule has 108 valence electrons. The van der Waals surface area contributed by atoms with Gasteiger partial charge in [0.25, 0.3) is 5.91 Å². The highest BCUT2D eigenvalue weighted by atomic mass is 32.2. The lowest BCUT2D eigenvalue weighted by Crippen LogP contribution is -2.38. The van der Waals surface area contributed by atoms with E-state index in [1.54, 1.807) is 14.0 Å². The second-order valence-corrected chi connectivity index (χ2v) is 6.84. The van der Waals surface area contributed by atoms with Gasteiger partial charge in [-0.1, -0.05) is 6.92 Å². The number of hydrogen-bond donors (Lipinski definition) is 2. The first-order valence-electron chi connectivity index (χ1n) is 5.95. The first-order chi connectivity index (χ1) is 8.65. The molecule has 0 bridgehead atoms. The van der Waals surface area contributed by atoms with Gasteiger partial charge in [0.15, 0.2) is 0 Å². The molecule has 0 aliphatic rings. The molecule has 0 saturated carbocycles. The van der Waals surface area contributed by atoms with Gasteiger partial charge in [-0.3, -0.25) is 9.48 Å². The van der Waals surface area contributed by atoms with Gasteiger partial charge in [0.05, 0.1) is 17.1 Å². The summed E-state index contributed by atoms with van der Waals surface area (Å²) in [7, 11) is -1.51. The maximum atomic E-state index is 12.1. The second-order valence-electron chi connectivity index (χ2n) is 4.65. The van der Waals surface area contributed by atoms with Crippen LogP contribution < -0.4 is 11.1 Å². The molecule has 8 heteroatoms. The van der Waals surface area contributed by atoms with Crippen molar-refractivity contribution in [2.45, 2.75) is 26.3 Å². The minimum atomic E-state index is -3.14. The Morgan fingerprint density at radius 1 is 1.53 bits per heavy atom. The Hall–Kier alpha value is -1.57. The molecule has 1 rings (SSSR count). The number of nitrogens with zero attached hydrogens (tertiary/aromatic N) is 2. The topological polar surface area (TPSA) is 107 Å². The van der Waals surface area contributed by atoms with Crippen LogP contribution in [0.1, 0.15) is 30.0 Å². The third-order valence-corrected chi connectivity index (χ3v) is 3.75. The van der Waals surface area contributed by atoms with Gasteiger partial charge in [-0.25, -0.2) is 8.42 Å². The van der Waals surface area contributed by atoms with Gasteiger partial charge in [-0.2, -0.15) is 5.10 Å². The van der Waals surface area contributed by atoms with Crippen LogP contribution in [0.5, 0.6) is 0 Å². The molecule has 0 radical (unpaired) electrons. The van der Waals surface area contributed by atoms with Gasteiger partial charge in [-0.05, 0) is 13.3 Å². The molecule has 1 unspecified atom stereocenters. The molecule has 1 heterocycles. The fraction of sp³-hybridized carbons (Fsp3) is 0.636. The van der Waals surface area contributed by atoms with E-state index >= 15 is 0 Å². The molecule has 0 saturated heterocycles. The molecule has 0 aromatic carbocycles. The monoisotopic (exact) mass is 288 g/mol. The van der Waals surface area contributed by atoms with Gasteiger partial charge in [0, 0.05) is 19.3 Å². The third kappa shape index (κ3) is 3.95. The van der Waals surface area contributed by atoms with Crippen LogP contribution in [-0.2, 0) is 23.3 Å². The number of sulfone groups is 1. The minimum Gasteiger partial charge on any atom is -0.395 e. The van der Waals surface area contributed by atoms with Crippen molar-refractivity contribution in [1.29, 1.82) is 0 Å². The van der Waals surface area contributed by atoms with Gasteiger partial charge in [0.2, 0.25) is 0 Å². The zero-order valence-corrected chi connectivity index (χ0v) is 12.4. The summed E-state index contributed by atoms with van der Waals surface area (Å²) in [6.45, 7) is 3.53. The first-order valence-corrected chi connectivity index (χ1v) is 8.01. The summed E-state index contributed by atoms with van der Waals surface area (Å²) in [5.74, 6) is -0.528. The van der Waals surface area contributed by atoms with E-state index in [0.717, 1.165) is 6.26 Å². The number of aryl methyl sites for hydroxylation is 2. The second kappa shape index (κ2) is 5.60. The highest BCUT2D eigenvalue weighted by Crippen LogP contribution is 2.16. The summed E-state index contributed by atoms with van der Waals surface area (Å²) < 4.78 is 23.7. The van der Waals surface area contributed by atoms with Crippen molar-refractivity contribution >= 4 is 21.4 Å². The van der Waals surface area contributed by atoms with E-state index in [1.165, 1.54) is 4.68 Å². The van der Waals surface area contributed by atoms with Crippen molar-refractivity contribution < 1.29 is 13.2 Å². The van der Waals surface area contributed by atoms with Crippen LogP contribution in [-0.4, -0.2) is 42.2 Å². The lowest BCUT2D eigenvalue weighted by Gasteiger charge is -2.13. The van der Waals surface area contributed by atoms with E-state index in [-0.39, 0.29) is 11.4 Å². The summed E-state index contributed by atoms with van der Waals surface area (Å²) in [4.78, 5) is 12.1. The van der Waals surface area contributed by atoms with Crippen LogP contribution in [0.4, 0.5) is 5.69 Å². The molecule has 19 heavy (non-hydrogen) atoms. The molecule has 1 aromatic heterocycles. The Balaban J connectivity index is 2.87. The predicted octanol–water partition coefficient (Wildman–Crippen LogP) is -0.272. The SMILES string of the molecule is CCc1nn(C)c(C(=O)NC(C)CS(C)(=O)=O)c1N. The molecular formula is C11H20N4O3S. The zero-order valence-electron chi connectivity index (χ0n) is 11.6. The van der Waals surface area contributed by atoms with E-state index in [2.05, 4.69) is 10.4 Å². The fourth-order valence-electron chi connectivity index (χ4n) is 1.91. The molecule has 1 amide bonds. The van der Waals surface area contributed by atoms with Crippen molar-refractivity contribution in [2.75, 3.05) is 17.7 Å². The molecule has 7 nitrogen and oxygen atoms in total. The molecule has 0 fully saturated rings. The summed E-state index contributed by atoms with van der Waals surface area (Å²) >= 11 is 0. The Morgan fingerprint density at radius 2 is 2.11 bits per heavy atom. The number of anilines is 1. The van der Waals surface area contributed by atoms with E-state index in [0.29, 0.717) is 17.8 Å². The summed E-state index contributed by atoms with van der Waals surface area (Å²) in [5, 5.41) is 6.76. The number of rotatable bonds is 5. The normalized spacial score (nSPS) is 13.3. The average Bonchev–Trinajstić information content (AvgIpc) is 2.50. The van der Waals surface area contributed by atoms with Gasteiger partial charge in [-0.15, -0.1) is 0 Å². The first kappa shape index (κ1) is 15.5. The predicted molar refractivity (Wildman–Crippen MR) is 73.6 cm³/mol. The quantitative estimate of drug-likeness (QED) is 0.775. The Kier molecular flexibility index (Phi) is 4.56. The van der Waals surface area contributed by atoms with E-state index in [9.17, 15) is 13.2 Å². The maximum absolute atomic E-state index is 12.1. The van der Waals surface area contributed by atoms with E-state index in [4.69, 9.17) is 5.73 Å². The lowest BCUT2D eigenvalue weighted by atomic mass is 10.2. The Bertz CT molecular complexity index is 577. The number of carbonyl (C=O) groups excluding carboxylic acids is 1. The largest absolute Gasteiger partial charge is 0.395 e. The van der Waals surface area contributed by atoms with E-state index < -0.39 is 21.8 Å². The summed E-state index contributed by atoms with van der Waals surface area (Å²) in [6.07, 6.45) is 1.76. The van der Waals surface area contributed by atoms with Crippen LogP contribution in [0.25, 0.3) is 0 Å². The highest BCUT2D eigenvalue weighted by Gasteiger charge is 2.21. The van der Waals surface area contributed by atoms with Crippen molar-refractivity contribution in [2.24, 2.45) is 7.05 Å². The number of amides is 1. The van der Waals surface area contributed by atoms with Gasteiger partial charge in [0.1, 0.15) is 15.5 Å². The van der Waals surface area contributed by atoms with Crippen molar-refractivity contribution in [3.05, 3.63) is 11.4 Å². The summed E-state index contributed by atoms with van der Waals surface area (Å²) in [6, 6.07) is -0.484. The molecule has 1 atom stereocenters. The number of nitrogens with two attached hydrogens (primary N) is 1. The number of nitrogens with one attached hydrogen (secondary N) is 1.